The van der Waals surface area contributed by atoms with E-state index >= 15 is 0 Å². The van der Waals surface area contributed by atoms with Crippen LogP contribution in [0.2, 0.25) is 0 Å². The lowest BCUT2D eigenvalue weighted by atomic mass is 9.76. The third-order valence-electron chi connectivity index (χ3n) is 4.91. The van der Waals surface area contributed by atoms with E-state index in [0.29, 0.717) is 5.92 Å². The van der Waals surface area contributed by atoms with Crippen LogP contribution in [-0.2, 0) is 6.54 Å². The van der Waals surface area contributed by atoms with Gasteiger partial charge in [0.05, 0.1) is 11.5 Å². The summed E-state index contributed by atoms with van der Waals surface area (Å²) < 4.78 is 0. The molecule has 2 aliphatic rings. The number of nitriles is 1. The second-order valence-electron chi connectivity index (χ2n) is 6.22. The zero-order valence-electron chi connectivity index (χ0n) is 11.5. The van der Waals surface area contributed by atoms with E-state index in [2.05, 4.69) is 41.3 Å². The molecule has 2 heteroatoms. The highest BCUT2D eigenvalue weighted by Gasteiger charge is 2.46. The van der Waals surface area contributed by atoms with Gasteiger partial charge in [-0.05, 0) is 24.3 Å². The molecule has 0 aromatic heterocycles. The zero-order chi connectivity index (χ0) is 13.1. The van der Waals surface area contributed by atoms with Gasteiger partial charge >= 0.3 is 0 Å². The number of hydrogen-bond donors (Lipinski definition) is 0. The Balaban J connectivity index is 1.73. The van der Waals surface area contributed by atoms with E-state index in [0.717, 1.165) is 26.1 Å². The summed E-state index contributed by atoms with van der Waals surface area (Å²) in [4.78, 5) is 2.49. The molecular formula is C17H22N2. The van der Waals surface area contributed by atoms with Crippen molar-refractivity contribution in [2.24, 2.45) is 11.3 Å². The first-order chi connectivity index (χ1) is 9.32. The Hall–Kier alpha value is -1.33. The number of fused-ring (bicyclic) bond motifs is 1. The van der Waals surface area contributed by atoms with Crippen LogP contribution in [0.5, 0.6) is 0 Å². The summed E-state index contributed by atoms with van der Waals surface area (Å²) in [5.41, 5.74) is 1.32. The Morgan fingerprint density at radius 2 is 2.05 bits per heavy atom. The van der Waals surface area contributed by atoms with Crippen molar-refractivity contribution in [2.75, 3.05) is 13.1 Å². The van der Waals surface area contributed by atoms with Crippen molar-refractivity contribution < 1.29 is 0 Å². The van der Waals surface area contributed by atoms with Crippen LogP contribution >= 0.6 is 0 Å². The Kier molecular flexibility index (Phi) is 3.57. The van der Waals surface area contributed by atoms with Gasteiger partial charge in [-0.15, -0.1) is 0 Å². The van der Waals surface area contributed by atoms with Gasteiger partial charge in [-0.25, -0.2) is 0 Å². The smallest absolute Gasteiger partial charge is 0.0741 e. The molecule has 0 spiro atoms. The minimum Gasteiger partial charge on any atom is -0.297 e. The van der Waals surface area contributed by atoms with E-state index in [4.69, 9.17) is 0 Å². The zero-order valence-corrected chi connectivity index (χ0v) is 11.5. The van der Waals surface area contributed by atoms with Crippen molar-refractivity contribution >= 4 is 0 Å². The van der Waals surface area contributed by atoms with Crippen molar-refractivity contribution in [2.45, 2.75) is 38.6 Å². The van der Waals surface area contributed by atoms with Gasteiger partial charge in [0.25, 0.3) is 0 Å². The predicted molar refractivity (Wildman–Crippen MR) is 76.3 cm³/mol. The van der Waals surface area contributed by atoms with Crippen LogP contribution in [-0.4, -0.2) is 18.0 Å². The molecule has 19 heavy (non-hydrogen) atoms. The number of nitrogens with zero attached hydrogens (tertiary/aromatic N) is 2. The van der Waals surface area contributed by atoms with Gasteiger partial charge in [-0.1, -0.05) is 49.6 Å². The molecule has 0 N–H and O–H groups in total. The van der Waals surface area contributed by atoms with Gasteiger partial charge in [0, 0.05) is 19.6 Å². The van der Waals surface area contributed by atoms with E-state index < -0.39 is 0 Å². The second-order valence-corrected chi connectivity index (χ2v) is 6.22. The normalized spacial score (nSPS) is 31.4. The standard InChI is InChI=1S/C17H22N2/c18-13-17-10-6-2-5-9-16(17)12-19(14-17)11-15-7-3-1-4-8-15/h1,3-4,7-8,16H,2,5-6,9-12,14H2. The first-order valence-electron chi connectivity index (χ1n) is 7.50. The summed E-state index contributed by atoms with van der Waals surface area (Å²) >= 11 is 0. The Morgan fingerprint density at radius 3 is 2.84 bits per heavy atom. The summed E-state index contributed by atoms with van der Waals surface area (Å²) in [6.45, 7) is 3.09. The molecule has 0 bridgehead atoms. The van der Waals surface area contributed by atoms with Gasteiger partial charge in [-0.2, -0.15) is 5.26 Å². The Bertz CT molecular complexity index is 462. The second kappa shape index (κ2) is 5.35. The fourth-order valence-corrected chi connectivity index (χ4v) is 3.88. The van der Waals surface area contributed by atoms with Crippen molar-refractivity contribution in [1.82, 2.24) is 4.90 Å². The highest BCUT2D eigenvalue weighted by Crippen LogP contribution is 2.45. The fourth-order valence-electron chi connectivity index (χ4n) is 3.88. The topological polar surface area (TPSA) is 27.0 Å². The van der Waals surface area contributed by atoms with E-state index in [1.54, 1.807) is 0 Å². The van der Waals surface area contributed by atoms with Crippen molar-refractivity contribution in [3.05, 3.63) is 35.9 Å². The average Bonchev–Trinajstić information content (AvgIpc) is 2.66. The monoisotopic (exact) mass is 254 g/mol. The molecule has 1 saturated heterocycles. The maximum absolute atomic E-state index is 9.68. The number of benzene rings is 1. The van der Waals surface area contributed by atoms with Gasteiger partial charge in [0.2, 0.25) is 0 Å². The Labute approximate surface area is 116 Å². The van der Waals surface area contributed by atoms with Crippen molar-refractivity contribution in [3.63, 3.8) is 0 Å². The van der Waals surface area contributed by atoms with Crippen LogP contribution in [0.3, 0.4) is 0 Å². The Morgan fingerprint density at radius 1 is 1.21 bits per heavy atom. The van der Waals surface area contributed by atoms with Crippen molar-refractivity contribution in [1.29, 1.82) is 5.26 Å². The molecule has 3 rings (SSSR count). The molecule has 1 aromatic rings. The predicted octanol–water partition coefficient (Wildman–Crippen LogP) is 3.59. The molecule has 100 valence electrons. The van der Waals surface area contributed by atoms with E-state index in [1.165, 1.54) is 31.2 Å². The highest BCUT2D eigenvalue weighted by atomic mass is 15.2. The van der Waals surface area contributed by atoms with E-state index in [9.17, 15) is 5.26 Å². The van der Waals surface area contributed by atoms with Gasteiger partial charge < -0.3 is 0 Å². The van der Waals surface area contributed by atoms with E-state index in [1.807, 2.05) is 0 Å². The van der Waals surface area contributed by atoms with Crippen LogP contribution in [0.4, 0.5) is 0 Å². The third kappa shape index (κ3) is 2.53. The molecule has 0 amide bonds. The third-order valence-corrected chi connectivity index (χ3v) is 4.91. The summed E-state index contributed by atoms with van der Waals surface area (Å²) in [6.07, 6.45) is 6.23. The van der Waals surface area contributed by atoms with Crippen LogP contribution in [0.15, 0.2) is 30.3 Å². The van der Waals surface area contributed by atoms with E-state index in [-0.39, 0.29) is 5.41 Å². The SMILES string of the molecule is N#CC12CCCCCC1CN(Cc1ccccc1)C2. The molecule has 1 aliphatic carbocycles. The quantitative estimate of drug-likeness (QED) is 0.806. The summed E-state index contributed by atoms with van der Waals surface area (Å²) in [5, 5.41) is 9.68. The first kappa shape index (κ1) is 12.7. The lowest BCUT2D eigenvalue weighted by Crippen LogP contribution is -2.28. The average molecular weight is 254 g/mol. The molecule has 1 aromatic carbocycles. The maximum atomic E-state index is 9.68. The molecule has 2 fully saturated rings. The molecule has 2 nitrogen and oxygen atoms in total. The fraction of sp³-hybridized carbons (Fsp3) is 0.588. The molecule has 1 heterocycles. The number of hydrogen-bond acceptors (Lipinski definition) is 2. The van der Waals surface area contributed by atoms with Crippen LogP contribution in [0.1, 0.15) is 37.7 Å². The van der Waals surface area contributed by atoms with Crippen LogP contribution in [0, 0.1) is 22.7 Å². The minimum atomic E-state index is -0.0503. The number of rotatable bonds is 2. The summed E-state index contributed by atoms with van der Waals surface area (Å²) in [7, 11) is 0. The maximum Gasteiger partial charge on any atom is 0.0741 e. The van der Waals surface area contributed by atoms with Gasteiger partial charge in [0.15, 0.2) is 0 Å². The molecule has 2 atom stereocenters. The minimum absolute atomic E-state index is 0.0503. The van der Waals surface area contributed by atoms with Crippen LogP contribution in [0.25, 0.3) is 0 Å². The lowest BCUT2D eigenvalue weighted by Gasteiger charge is -2.25. The molecule has 1 aliphatic heterocycles. The number of likely N-dealkylation sites (tertiary alicyclic amines) is 1. The molecule has 2 unspecified atom stereocenters. The molecular weight excluding hydrogens is 232 g/mol. The summed E-state index contributed by atoms with van der Waals surface area (Å²) in [6, 6.07) is 13.3. The largest absolute Gasteiger partial charge is 0.297 e. The van der Waals surface area contributed by atoms with Gasteiger partial charge in [0.1, 0.15) is 0 Å². The highest BCUT2D eigenvalue weighted by molar-refractivity contribution is 5.16. The first-order valence-corrected chi connectivity index (χ1v) is 7.50. The van der Waals surface area contributed by atoms with Crippen molar-refractivity contribution in [3.8, 4) is 6.07 Å². The van der Waals surface area contributed by atoms with Crippen LogP contribution < -0.4 is 0 Å². The van der Waals surface area contributed by atoms with Gasteiger partial charge in [-0.3, -0.25) is 4.90 Å². The summed E-state index contributed by atoms with van der Waals surface area (Å²) in [5.74, 6) is 0.601. The lowest BCUT2D eigenvalue weighted by molar-refractivity contribution is 0.274. The molecule has 1 saturated carbocycles. The molecule has 0 radical (unpaired) electrons.